The van der Waals surface area contributed by atoms with Crippen LogP contribution in [0.3, 0.4) is 0 Å². The standard InChI is InChI=1S/C18H17NO6S/c20-13(12-4-5-14-15(9-12)24-7-2-6-23-14)11-25-17(21)10-19-18(22)16-3-1-8-26-16/h1,3-5,8-9H,2,6-7,10-11H2,(H,19,22). The number of fused-ring (bicyclic) bond motifs is 1. The van der Waals surface area contributed by atoms with Gasteiger partial charge in [-0.1, -0.05) is 6.07 Å². The van der Waals surface area contributed by atoms with Crippen LogP contribution >= 0.6 is 11.3 Å². The minimum Gasteiger partial charge on any atom is -0.490 e. The highest BCUT2D eigenvalue weighted by molar-refractivity contribution is 7.12. The van der Waals surface area contributed by atoms with Crippen molar-refractivity contribution in [2.24, 2.45) is 0 Å². The minimum atomic E-state index is -0.683. The molecule has 0 fully saturated rings. The van der Waals surface area contributed by atoms with Crippen LogP contribution in [0.5, 0.6) is 11.5 Å². The molecule has 2 aromatic rings. The molecule has 0 saturated heterocycles. The SMILES string of the molecule is O=C(CNC(=O)c1cccs1)OCC(=O)c1ccc2c(c1)OCCCO2. The number of benzene rings is 1. The molecule has 2 heterocycles. The van der Waals surface area contributed by atoms with Gasteiger partial charge in [-0.25, -0.2) is 0 Å². The minimum absolute atomic E-state index is 0.300. The van der Waals surface area contributed by atoms with Gasteiger partial charge in [0.05, 0.1) is 18.1 Å². The fraction of sp³-hybridized carbons (Fsp3) is 0.278. The van der Waals surface area contributed by atoms with Crippen molar-refractivity contribution in [2.45, 2.75) is 6.42 Å². The lowest BCUT2D eigenvalue weighted by atomic mass is 10.1. The maximum atomic E-state index is 12.2. The molecule has 1 amide bonds. The van der Waals surface area contributed by atoms with Crippen LogP contribution in [0.2, 0.25) is 0 Å². The molecule has 3 rings (SSSR count). The normalized spacial score (nSPS) is 12.8. The van der Waals surface area contributed by atoms with Crippen molar-refractivity contribution in [1.82, 2.24) is 5.32 Å². The molecular formula is C18H17NO6S. The maximum Gasteiger partial charge on any atom is 0.325 e. The lowest BCUT2D eigenvalue weighted by molar-refractivity contribution is -0.141. The number of Topliss-reactive ketones (excluding diaryl/α,β-unsaturated/α-hetero) is 1. The second-order valence-corrected chi connectivity index (χ2v) is 6.40. The second kappa shape index (κ2) is 8.48. The number of ketones is 1. The zero-order valence-electron chi connectivity index (χ0n) is 13.9. The van der Waals surface area contributed by atoms with E-state index in [0.717, 1.165) is 6.42 Å². The Morgan fingerprint density at radius 3 is 2.69 bits per heavy atom. The number of hydrogen-bond acceptors (Lipinski definition) is 7. The van der Waals surface area contributed by atoms with Gasteiger partial charge in [-0.05, 0) is 29.6 Å². The first kappa shape index (κ1) is 17.9. The molecular weight excluding hydrogens is 358 g/mol. The summed E-state index contributed by atoms with van der Waals surface area (Å²) in [5.41, 5.74) is 0.365. The summed E-state index contributed by atoms with van der Waals surface area (Å²) in [6, 6.07) is 8.24. The predicted molar refractivity (Wildman–Crippen MR) is 94.0 cm³/mol. The topological polar surface area (TPSA) is 90.9 Å². The average molecular weight is 375 g/mol. The van der Waals surface area contributed by atoms with Gasteiger partial charge in [-0.15, -0.1) is 11.3 Å². The second-order valence-electron chi connectivity index (χ2n) is 5.46. The molecule has 136 valence electrons. The molecule has 1 N–H and O–H groups in total. The Labute approximate surface area is 153 Å². The highest BCUT2D eigenvalue weighted by Crippen LogP contribution is 2.30. The van der Waals surface area contributed by atoms with Crippen molar-refractivity contribution in [3.63, 3.8) is 0 Å². The number of nitrogens with one attached hydrogen (secondary N) is 1. The van der Waals surface area contributed by atoms with E-state index in [9.17, 15) is 14.4 Å². The van der Waals surface area contributed by atoms with Crippen LogP contribution in [0.15, 0.2) is 35.7 Å². The van der Waals surface area contributed by atoms with Gasteiger partial charge in [0.15, 0.2) is 23.9 Å². The van der Waals surface area contributed by atoms with Crippen molar-refractivity contribution in [3.05, 3.63) is 46.2 Å². The summed E-state index contributed by atoms with van der Waals surface area (Å²) in [7, 11) is 0. The Balaban J connectivity index is 1.48. The van der Waals surface area contributed by atoms with Crippen LogP contribution in [0.1, 0.15) is 26.5 Å². The van der Waals surface area contributed by atoms with E-state index in [1.165, 1.54) is 11.3 Å². The van der Waals surface area contributed by atoms with Gasteiger partial charge in [-0.3, -0.25) is 14.4 Å². The van der Waals surface area contributed by atoms with E-state index in [1.54, 1.807) is 35.7 Å². The van der Waals surface area contributed by atoms with Crippen molar-refractivity contribution in [1.29, 1.82) is 0 Å². The van der Waals surface area contributed by atoms with Crippen LogP contribution in [0.25, 0.3) is 0 Å². The maximum absolute atomic E-state index is 12.2. The molecule has 0 aliphatic carbocycles. The summed E-state index contributed by atoms with van der Waals surface area (Å²) in [5.74, 6) is -0.308. The lowest BCUT2D eigenvalue weighted by Gasteiger charge is -2.09. The van der Waals surface area contributed by atoms with Crippen LogP contribution in [0.4, 0.5) is 0 Å². The predicted octanol–water partition coefficient (Wildman–Crippen LogP) is 2.07. The molecule has 1 aromatic carbocycles. The van der Waals surface area contributed by atoms with E-state index in [-0.39, 0.29) is 18.2 Å². The van der Waals surface area contributed by atoms with Crippen molar-refractivity contribution < 1.29 is 28.6 Å². The largest absolute Gasteiger partial charge is 0.490 e. The third-order valence-corrected chi connectivity index (χ3v) is 4.44. The Hall–Kier alpha value is -2.87. The number of esters is 1. The van der Waals surface area contributed by atoms with E-state index in [1.807, 2.05) is 0 Å². The molecule has 7 nitrogen and oxygen atoms in total. The fourth-order valence-electron chi connectivity index (χ4n) is 2.26. The molecule has 0 atom stereocenters. The molecule has 1 aliphatic rings. The van der Waals surface area contributed by atoms with Crippen LogP contribution < -0.4 is 14.8 Å². The molecule has 26 heavy (non-hydrogen) atoms. The molecule has 8 heteroatoms. The molecule has 0 radical (unpaired) electrons. The summed E-state index contributed by atoms with van der Waals surface area (Å²) in [6.07, 6.45) is 0.771. The number of rotatable bonds is 6. The number of amides is 1. The molecule has 1 aromatic heterocycles. The van der Waals surface area contributed by atoms with Crippen LogP contribution in [-0.2, 0) is 9.53 Å². The van der Waals surface area contributed by atoms with Crippen molar-refractivity contribution in [2.75, 3.05) is 26.4 Å². The Morgan fingerprint density at radius 1 is 1.12 bits per heavy atom. The zero-order chi connectivity index (χ0) is 18.4. The van der Waals surface area contributed by atoms with Gasteiger partial charge in [0, 0.05) is 12.0 Å². The number of hydrogen-bond donors (Lipinski definition) is 1. The number of ether oxygens (including phenoxy) is 3. The Kier molecular flexibility index (Phi) is 5.85. The first-order chi connectivity index (χ1) is 12.6. The Morgan fingerprint density at radius 2 is 1.92 bits per heavy atom. The first-order valence-corrected chi connectivity index (χ1v) is 8.91. The number of carbonyl (C=O) groups is 3. The van der Waals surface area contributed by atoms with Gasteiger partial charge in [-0.2, -0.15) is 0 Å². The summed E-state index contributed by atoms with van der Waals surface area (Å²) in [4.78, 5) is 36.1. The third-order valence-electron chi connectivity index (χ3n) is 3.57. The summed E-state index contributed by atoms with van der Waals surface area (Å²) >= 11 is 1.27. The quantitative estimate of drug-likeness (QED) is 0.614. The van der Waals surface area contributed by atoms with Gasteiger partial charge < -0.3 is 19.5 Å². The molecule has 0 unspecified atom stereocenters. The molecule has 1 aliphatic heterocycles. The summed E-state index contributed by atoms with van der Waals surface area (Å²) in [5, 5.41) is 4.21. The summed E-state index contributed by atoms with van der Waals surface area (Å²) < 4.78 is 16.0. The number of thiophene rings is 1. The monoisotopic (exact) mass is 375 g/mol. The van der Waals surface area contributed by atoms with E-state index in [2.05, 4.69) is 5.32 Å². The fourth-order valence-corrected chi connectivity index (χ4v) is 2.90. The highest BCUT2D eigenvalue weighted by atomic mass is 32.1. The lowest BCUT2D eigenvalue weighted by Crippen LogP contribution is -2.31. The highest BCUT2D eigenvalue weighted by Gasteiger charge is 2.16. The van der Waals surface area contributed by atoms with Gasteiger partial charge in [0.2, 0.25) is 0 Å². The van der Waals surface area contributed by atoms with Crippen LogP contribution in [0, 0.1) is 0 Å². The van der Waals surface area contributed by atoms with Crippen molar-refractivity contribution >= 4 is 29.0 Å². The number of carbonyl (C=O) groups excluding carboxylic acids is 3. The van der Waals surface area contributed by atoms with Gasteiger partial charge in [0.1, 0.15) is 6.54 Å². The molecule has 0 spiro atoms. The zero-order valence-corrected chi connectivity index (χ0v) is 14.7. The van der Waals surface area contributed by atoms with Crippen LogP contribution in [-0.4, -0.2) is 44.0 Å². The van der Waals surface area contributed by atoms with E-state index in [0.29, 0.717) is 35.2 Å². The van der Waals surface area contributed by atoms with E-state index in [4.69, 9.17) is 14.2 Å². The molecule has 0 saturated carbocycles. The smallest absolute Gasteiger partial charge is 0.325 e. The molecule has 0 bridgehead atoms. The van der Waals surface area contributed by atoms with E-state index < -0.39 is 12.6 Å². The third kappa shape index (κ3) is 4.60. The average Bonchev–Trinajstić information content (AvgIpc) is 3.09. The summed E-state index contributed by atoms with van der Waals surface area (Å²) in [6.45, 7) is 0.372. The first-order valence-electron chi connectivity index (χ1n) is 8.03. The van der Waals surface area contributed by atoms with Crippen molar-refractivity contribution in [3.8, 4) is 11.5 Å². The van der Waals surface area contributed by atoms with Gasteiger partial charge in [0.25, 0.3) is 5.91 Å². The Bertz CT molecular complexity index is 802. The van der Waals surface area contributed by atoms with Gasteiger partial charge >= 0.3 is 5.97 Å². The van der Waals surface area contributed by atoms with E-state index >= 15 is 0 Å².